The molecule has 0 aromatic carbocycles. The molecule has 0 aromatic rings. The van der Waals surface area contributed by atoms with Crippen LogP contribution in [0.4, 0.5) is 0 Å². The second-order valence-corrected chi connectivity index (χ2v) is 7.11. The Bertz CT molecular complexity index is 383. The summed E-state index contributed by atoms with van der Waals surface area (Å²) in [5.41, 5.74) is 5.66. The van der Waals surface area contributed by atoms with E-state index in [4.69, 9.17) is 10.5 Å². The molecule has 0 saturated carbocycles. The molecule has 3 unspecified atom stereocenters. The van der Waals surface area contributed by atoms with E-state index < -0.39 is 10.2 Å². The van der Waals surface area contributed by atoms with Gasteiger partial charge in [0.25, 0.3) is 10.2 Å². The van der Waals surface area contributed by atoms with Gasteiger partial charge in [0.1, 0.15) is 0 Å². The molecule has 0 amide bonds. The van der Waals surface area contributed by atoms with Crippen LogP contribution in [0.5, 0.6) is 0 Å². The standard InChI is InChI=1S/C11H23N3O3S.ClH/c1-9-7-13(8-10(2)17-9)18(15,16)14-5-3-4-11(14)6-12;/h9-11H,3-8,12H2,1-2H3;1H. The SMILES string of the molecule is CC1CN(S(=O)(=O)N2CCCC2CN)CC(C)O1.Cl. The van der Waals surface area contributed by atoms with Gasteiger partial charge >= 0.3 is 0 Å². The fourth-order valence-electron chi connectivity index (χ4n) is 2.82. The molecule has 2 fully saturated rings. The van der Waals surface area contributed by atoms with Crippen molar-refractivity contribution in [1.29, 1.82) is 0 Å². The van der Waals surface area contributed by atoms with Crippen molar-refractivity contribution in [2.24, 2.45) is 5.73 Å². The Balaban J connectivity index is 0.00000180. The fraction of sp³-hybridized carbons (Fsp3) is 1.00. The smallest absolute Gasteiger partial charge is 0.282 e. The third-order valence-electron chi connectivity index (χ3n) is 3.60. The van der Waals surface area contributed by atoms with Gasteiger partial charge in [-0.15, -0.1) is 12.4 Å². The van der Waals surface area contributed by atoms with E-state index in [9.17, 15) is 8.42 Å². The average molecular weight is 314 g/mol. The predicted octanol–water partition coefficient (Wildman–Crippen LogP) is 0.185. The van der Waals surface area contributed by atoms with Crippen LogP contribution in [0.2, 0.25) is 0 Å². The molecule has 0 aromatic heterocycles. The van der Waals surface area contributed by atoms with Crippen molar-refractivity contribution >= 4 is 22.6 Å². The van der Waals surface area contributed by atoms with Gasteiger partial charge in [0.15, 0.2) is 0 Å². The van der Waals surface area contributed by atoms with Crippen LogP contribution in [0.15, 0.2) is 0 Å². The zero-order chi connectivity index (χ0) is 13.3. The van der Waals surface area contributed by atoms with Crippen LogP contribution < -0.4 is 5.73 Å². The first kappa shape index (κ1) is 17.1. The maximum atomic E-state index is 12.6. The summed E-state index contributed by atoms with van der Waals surface area (Å²) in [7, 11) is -3.38. The normalized spacial score (nSPS) is 34.2. The lowest BCUT2D eigenvalue weighted by Gasteiger charge is -2.37. The summed E-state index contributed by atoms with van der Waals surface area (Å²) in [5, 5.41) is 0. The molecule has 8 heteroatoms. The number of morpholine rings is 1. The summed E-state index contributed by atoms with van der Waals surface area (Å²) in [6.45, 7) is 5.66. The van der Waals surface area contributed by atoms with Crippen LogP contribution >= 0.6 is 12.4 Å². The molecule has 2 N–H and O–H groups in total. The minimum Gasteiger partial charge on any atom is -0.373 e. The number of halogens is 1. The summed E-state index contributed by atoms with van der Waals surface area (Å²) < 4.78 is 33.9. The van der Waals surface area contributed by atoms with Crippen LogP contribution in [-0.2, 0) is 14.9 Å². The van der Waals surface area contributed by atoms with Gasteiger partial charge in [-0.2, -0.15) is 17.0 Å². The highest BCUT2D eigenvalue weighted by Gasteiger charge is 2.40. The van der Waals surface area contributed by atoms with Crippen LogP contribution in [0.25, 0.3) is 0 Å². The van der Waals surface area contributed by atoms with Crippen molar-refractivity contribution < 1.29 is 13.2 Å². The summed E-state index contributed by atoms with van der Waals surface area (Å²) in [5.74, 6) is 0. The second kappa shape index (κ2) is 6.69. The monoisotopic (exact) mass is 313 g/mol. The first-order valence-electron chi connectivity index (χ1n) is 6.57. The van der Waals surface area contributed by atoms with Gasteiger partial charge in [-0.05, 0) is 26.7 Å². The quantitative estimate of drug-likeness (QED) is 0.807. The molecule has 114 valence electrons. The number of hydrogen-bond acceptors (Lipinski definition) is 4. The third-order valence-corrected chi connectivity index (χ3v) is 5.63. The van der Waals surface area contributed by atoms with Gasteiger partial charge in [0, 0.05) is 32.2 Å². The maximum Gasteiger partial charge on any atom is 0.282 e. The van der Waals surface area contributed by atoms with Crippen molar-refractivity contribution in [2.75, 3.05) is 26.2 Å². The Morgan fingerprint density at radius 2 is 1.84 bits per heavy atom. The molecule has 0 bridgehead atoms. The Kier molecular flexibility index (Phi) is 6.03. The van der Waals surface area contributed by atoms with Gasteiger partial charge in [-0.25, -0.2) is 0 Å². The predicted molar refractivity (Wildman–Crippen MR) is 76.5 cm³/mol. The molecule has 2 aliphatic rings. The topological polar surface area (TPSA) is 75.9 Å². The summed E-state index contributed by atoms with van der Waals surface area (Å²) in [6.07, 6.45) is 1.66. The number of ether oxygens (including phenoxy) is 1. The Morgan fingerprint density at radius 3 is 2.37 bits per heavy atom. The molecule has 2 heterocycles. The molecule has 2 rings (SSSR count). The zero-order valence-electron chi connectivity index (χ0n) is 11.5. The largest absolute Gasteiger partial charge is 0.373 e. The molecule has 2 saturated heterocycles. The zero-order valence-corrected chi connectivity index (χ0v) is 13.1. The van der Waals surface area contributed by atoms with E-state index in [1.165, 1.54) is 0 Å². The van der Waals surface area contributed by atoms with Crippen LogP contribution in [0.1, 0.15) is 26.7 Å². The van der Waals surface area contributed by atoms with Crippen molar-refractivity contribution in [1.82, 2.24) is 8.61 Å². The van der Waals surface area contributed by atoms with E-state index in [1.807, 2.05) is 13.8 Å². The third kappa shape index (κ3) is 3.59. The molecule has 6 nitrogen and oxygen atoms in total. The van der Waals surface area contributed by atoms with E-state index in [1.54, 1.807) is 8.61 Å². The lowest BCUT2D eigenvalue weighted by atomic mass is 10.2. The summed E-state index contributed by atoms with van der Waals surface area (Å²) >= 11 is 0. The van der Waals surface area contributed by atoms with Crippen molar-refractivity contribution in [3.05, 3.63) is 0 Å². The average Bonchev–Trinajstić information content (AvgIpc) is 2.76. The number of nitrogens with two attached hydrogens (primary N) is 1. The van der Waals surface area contributed by atoms with Gasteiger partial charge in [-0.3, -0.25) is 0 Å². The first-order valence-corrected chi connectivity index (χ1v) is 7.97. The van der Waals surface area contributed by atoms with Crippen molar-refractivity contribution in [2.45, 2.75) is 44.9 Å². The first-order chi connectivity index (χ1) is 8.45. The molecule has 2 aliphatic heterocycles. The molecular weight excluding hydrogens is 290 g/mol. The van der Waals surface area contributed by atoms with E-state index in [2.05, 4.69) is 0 Å². The lowest BCUT2D eigenvalue weighted by molar-refractivity contribution is -0.0455. The molecular formula is C11H24ClN3O3S. The van der Waals surface area contributed by atoms with Crippen molar-refractivity contribution in [3.8, 4) is 0 Å². The van der Waals surface area contributed by atoms with Gasteiger partial charge in [0.05, 0.1) is 12.2 Å². The van der Waals surface area contributed by atoms with Crippen molar-refractivity contribution in [3.63, 3.8) is 0 Å². The number of hydrogen-bond donors (Lipinski definition) is 1. The van der Waals surface area contributed by atoms with E-state index in [0.29, 0.717) is 26.2 Å². The van der Waals surface area contributed by atoms with E-state index in [0.717, 1.165) is 12.8 Å². The molecule has 3 atom stereocenters. The fourth-order valence-corrected chi connectivity index (χ4v) is 4.84. The summed E-state index contributed by atoms with van der Waals surface area (Å²) in [4.78, 5) is 0. The minimum atomic E-state index is -3.38. The van der Waals surface area contributed by atoms with E-state index >= 15 is 0 Å². The Hall–Kier alpha value is 0.0800. The lowest BCUT2D eigenvalue weighted by Crippen LogP contribution is -2.54. The van der Waals surface area contributed by atoms with Gasteiger partial charge < -0.3 is 10.5 Å². The molecule has 19 heavy (non-hydrogen) atoms. The highest BCUT2D eigenvalue weighted by Crippen LogP contribution is 2.25. The van der Waals surface area contributed by atoms with Crippen LogP contribution in [0, 0.1) is 0 Å². The van der Waals surface area contributed by atoms with Crippen LogP contribution in [0.3, 0.4) is 0 Å². The molecule has 0 radical (unpaired) electrons. The Labute approximate surface area is 121 Å². The van der Waals surface area contributed by atoms with Gasteiger partial charge in [0.2, 0.25) is 0 Å². The van der Waals surface area contributed by atoms with Crippen LogP contribution in [-0.4, -0.2) is 61.5 Å². The highest BCUT2D eigenvalue weighted by molar-refractivity contribution is 7.86. The molecule has 0 aliphatic carbocycles. The molecule has 0 spiro atoms. The summed E-state index contributed by atoms with van der Waals surface area (Å²) in [6, 6.07) is -0.0385. The second-order valence-electron chi connectivity index (χ2n) is 5.22. The van der Waals surface area contributed by atoms with Gasteiger partial charge in [-0.1, -0.05) is 0 Å². The Morgan fingerprint density at radius 1 is 1.26 bits per heavy atom. The highest BCUT2D eigenvalue weighted by atomic mass is 35.5. The number of rotatable bonds is 3. The maximum absolute atomic E-state index is 12.6. The van der Waals surface area contributed by atoms with E-state index in [-0.39, 0.29) is 30.7 Å². The number of nitrogens with zero attached hydrogens (tertiary/aromatic N) is 2. The minimum absolute atomic E-state index is 0.